The molecule has 2 aromatic carbocycles. The number of rotatable bonds is 6. The lowest BCUT2D eigenvalue weighted by atomic mass is 9.88. The van der Waals surface area contributed by atoms with E-state index >= 15 is 0 Å². The number of carbonyl (C=O) groups excluding carboxylic acids is 1. The van der Waals surface area contributed by atoms with Crippen LogP contribution < -0.4 is 5.73 Å². The predicted octanol–water partition coefficient (Wildman–Crippen LogP) is 4.20. The number of hydrogen-bond acceptors (Lipinski definition) is 5. The van der Waals surface area contributed by atoms with Crippen LogP contribution in [0.3, 0.4) is 0 Å². The third kappa shape index (κ3) is 4.66. The van der Waals surface area contributed by atoms with Crippen LogP contribution in [0.25, 0.3) is 0 Å². The van der Waals surface area contributed by atoms with Crippen LogP contribution in [-0.4, -0.2) is 33.7 Å². The zero-order valence-electron chi connectivity index (χ0n) is 17.8. The standard InChI is InChI=1S/C23H27F2N3O2S/c1-22(2,3)19(29)21(30)28-23(12-7-13-26,15-8-5-4-6-9-15)31-20(27-28)17-14-16(24)10-11-18(17)25/h4-6,8-11,14,19,29H,7,12-13,26H2,1-3H3/t19-,23?/m1/s1. The number of carbonyl (C=O) groups is 1. The van der Waals surface area contributed by atoms with E-state index in [0.29, 0.717) is 19.4 Å². The molecule has 5 nitrogen and oxygen atoms in total. The fraction of sp³-hybridized carbons (Fsp3) is 0.391. The maximum absolute atomic E-state index is 14.6. The molecule has 0 aromatic heterocycles. The molecule has 1 unspecified atom stereocenters. The maximum atomic E-state index is 14.6. The number of aliphatic hydroxyl groups is 1. The van der Waals surface area contributed by atoms with E-state index in [-0.39, 0.29) is 10.6 Å². The van der Waals surface area contributed by atoms with Crippen molar-refractivity contribution in [1.82, 2.24) is 5.01 Å². The summed E-state index contributed by atoms with van der Waals surface area (Å²) in [5.41, 5.74) is 5.77. The molecule has 0 aliphatic carbocycles. The number of nitrogens with zero attached hydrogens (tertiary/aromatic N) is 2. The van der Waals surface area contributed by atoms with Gasteiger partial charge in [-0.25, -0.2) is 13.8 Å². The van der Waals surface area contributed by atoms with Gasteiger partial charge in [-0.05, 0) is 48.6 Å². The highest BCUT2D eigenvalue weighted by molar-refractivity contribution is 8.15. The molecule has 0 saturated carbocycles. The third-order valence-electron chi connectivity index (χ3n) is 5.16. The van der Waals surface area contributed by atoms with E-state index in [0.717, 1.165) is 23.8 Å². The average molecular weight is 448 g/mol. The van der Waals surface area contributed by atoms with Crippen molar-refractivity contribution in [3.05, 3.63) is 71.3 Å². The third-order valence-corrected chi connectivity index (χ3v) is 6.61. The largest absolute Gasteiger partial charge is 0.383 e. The summed E-state index contributed by atoms with van der Waals surface area (Å²) >= 11 is 1.17. The van der Waals surface area contributed by atoms with Crippen LogP contribution in [0.15, 0.2) is 53.6 Å². The van der Waals surface area contributed by atoms with Gasteiger partial charge in [-0.3, -0.25) is 4.79 Å². The number of benzene rings is 2. The molecule has 3 rings (SSSR count). The Balaban J connectivity index is 2.18. The van der Waals surface area contributed by atoms with E-state index in [4.69, 9.17) is 5.73 Å². The first kappa shape index (κ1) is 23.4. The Morgan fingerprint density at radius 1 is 1.23 bits per heavy atom. The first-order chi connectivity index (χ1) is 14.6. The van der Waals surface area contributed by atoms with E-state index in [1.54, 1.807) is 20.8 Å². The maximum Gasteiger partial charge on any atom is 0.273 e. The van der Waals surface area contributed by atoms with Crippen LogP contribution in [0.1, 0.15) is 44.7 Å². The van der Waals surface area contributed by atoms with Crippen molar-refractivity contribution in [1.29, 1.82) is 0 Å². The summed E-state index contributed by atoms with van der Waals surface area (Å²) in [5.74, 6) is -1.85. The number of halogens is 2. The summed E-state index contributed by atoms with van der Waals surface area (Å²) in [6.07, 6.45) is -0.356. The molecule has 0 radical (unpaired) electrons. The Morgan fingerprint density at radius 3 is 2.52 bits per heavy atom. The van der Waals surface area contributed by atoms with Crippen LogP contribution in [0.5, 0.6) is 0 Å². The summed E-state index contributed by atoms with van der Waals surface area (Å²) < 4.78 is 28.5. The van der Waals surface area contributed by atoms with Crippen molar-refractivity contribution < 1.29 is 18.7 Å². The lowest BCUT2D eigenvalue weighted by molar-refractivity contribution is -0.149. The van der Waals surface area contributed by atoms with Crippen molar-refractivity contribution in [2.75, 3.05) is 6.54 Å². The molecule has 0 saturated heterocycles. The molecule has 3 N–H and O–H groups in total. The average Bonchev–Trinajstić information content (AvgIpc) is 3.13. The molecule has 8 heteroatoms. The molecule has 0 spiro atoms. The molecule has 2 aromatic rings. The molecule has 2 atom stereocenters. The van der Waals surface area contributed by atoms with Crippen LogP contribution in [0.4, 0.5) is 8.78 Å². The van der Waals surface area contributed by atoms with Gasteiger partial charge in [0, 0.05) is 5.56 Å². The van der Waals surface area contributed by atoms with Crippen LogP contribution >= 0.6 is 11.8 Å². The molecule has 0 bridgehead atoms. The zero-order valence-corrected chi connectivity index (χ0v) is 18.6. The summed E-state index contributed by atoms with van der Waals surface area (Å²) in [5, 5.41) is 16.6. The highest BCUT2D eigenvalue weighted by Crippen LogP contribution is 2.51. The van der Waals surface area contributed by atoms with E-state index < -0.39 is 33.9 Å². The van der Waals surface area contributed by atoms with Gasteiger partial charge in [0.1, 0.15) is 27.7 Å². The van der Waals surface area contributed by atoms with Crippen LogP contribution in [0.2, 0.25) is 0 Å². The zero-order chi connectivity index (χ0) is 22.8. The minimum absolute atomic E-state index is 0.0291. The normalized spacial score (nSPS) is 20.0. The molecule has 31 heavy (non-hydrogen) atoms. The van der Waals surface area contributed by atoms with E-state index in [1.807, 2.05) is 30.3 Å². The van der Waals surface area contributed by atoms with Gasteiger partial charge in [0.05, 0.1) is 0 Å². The quantitative estimate of drug-likeness (QED) is 0.696. The van der Waals surface area contributed by atoms with Crippen molar-refractivity contribution in [2.45, 2.75) is 44.6 Å². The highest BCUT2D eigenvalue weighted by atomic mass is 32.2. The second-order valence-corrected chi connectivity index (χ2v) is 9.86. The van der Waals surface area contributed by atoms with E-state index in [9.17, 15) is 18.7 Å². The Hall–Kier alpha value is -2.29. The second kappa shape index (κ2) is 9.06. The number of hydrazone groups is 1. The minimum Gasteiger partial charge on any atom is -0.383 e. The number of hydrogen-bond donors (Lipinski definition) is 2. The Labute approximate surface area is 185 Å². The Bertz CT molecular complexity index is 979. The first-order valence-electron chi connectivity index (χ1n) is 10.1. The monoisotopic (exact) mass is 447 g/mol. The predicted molar refractivity (Wildman–Crippen MR) is 119 cm³/mol. The molecule has 1 aliphatic heterocycles. The van der Waals surface area contributed by atoms with Gasteiger partial charge in [0.25, 0.3) is 5.91 Å². The summed E-state index contributed by atoms with van der Waals surface area (Å²) in [4.78, 5) is 12.4. The van der Waals surface area contributed by atoms with Gasteiger partial charge in [0.15, 0.2) is 0 Å². The van der Waals surface area contributed by atoms with E-state index in [2.05, 4.69) is 5.10 Å². The second-order valence-electron chi connectivity index (χ2n) is 8.59. The summed E-state index contributed by atoms with van der Waals surface area (Å²) in [7, 11) is 0. The molecular weight excluding hydrogens is 420 g/mol. The topological polar surface area (TPSA) is 78.9 Å². The molecule has 0 fully saturated rings. The molecule has 1 heterocycles. The van der Waals surface area contributed by atoms with Crippen molar-refractivity contribution >= 4 is 22.7 Å². The van der Waals surface area contributed by atoms with E-state index in [1.165, 1.54) is 16.8 Å². The number of amides is 1. The summed E-state index contributed by atoms with van der Waals surface area (Å²) in [6, 6.07) is 12.4. The first-order valence-corrected chi connectivity index (χ1v) is 10.9. The Morgan fingerprint density at radius 2 is 1.90 bits per heavy atom. The molecule has 1 amide bonds. The smallest absolute Gasteiger partial charge is 0.273 e. The molecule has 1 aliphatic rings. The number of thioether (sulfide) groups is 1. The number of aliphatic hydroxyl groups excluding tert-OH is 1. The van der Waals surface area contributed by atoms with Gasteiger partial charge >= 0.3 is 0 Å². The summed E-state index contributed by atoms with van der Waals surface area (Å²) in [6.45, 7) is 5.63. The van der Waals surface area contributed by atoms with Gasteiger partial charge in [-0.15, -0.1) is 0 Å². The van der Waals surface area contributed by atoms with Gasteiger partial charge in [-0.1, -0.05) is 62.9 Å². The van der Waals surface area contributed by atoms with Crippen molar-refractivity contribution in [2.24, 2.45) is 16.3 Å². The van der Waals surface area contributed by atoms with Gasteiger partial charge in [-0.2, -0.15) is 5.10 Å². The van der Waals surface area contributed by atoms with Crippen molar-refractivity contribution in [3.8, 4) is 0 Å². The van der Waals surface area contributed by atoms with Crippen molar-refractivity contribution in [3.63, 3.8) is 0 Å². The molecular formula is C23H27F2N3O2S. The van der Waals surface area contributed by atoms with Crippen LogP contribution in [0, 0.1) is 17.0 Å². The van der Waals surface area contributed by atoms with Gasteiger partial charge in [0.2, 0.25) is 0 Å². The Kier molecular flexibility index (Phi) is 6.83. The lowest BCUT2D eigenvalue weighted by Crippen LogP contribution is -2.49. The number of nitrogens with two attached hydrogens (primary N) is 1. The molecule has 166 valence electrons. The SMILES string of the molecule is CC(C)(C)[C@H](O)C(=O)N1N=C(c2cc(F)ccc2F)SC1(CCCN)c1ccccc1. The lowest BCUT2D eigenvalue weighted by Gasteiger charge is -2.38. The fourth-order valence-corrected chi connectivity index (χ4v) is 4.83. The minimum atomic E-state index is -1.34. The fourth-order valence-electron chi connectivity index (χ4n) is 3.40. The highest BCUT2D eigenvalue weighted by Gasteiger charge is 2.51. The van der Waals surface area contributed by atoms with Crippen LogP contribution in [-0.2, 0) is 9.67 Å². The van der Waals surface area contributed by atoms with Gasteiger partial charge < -0.3 is 10.8 Å².